The summed E-state index contributed by atoms with van der Waals surface area (Å²) in [7, 11) is 0. The lowest BCUT2D eigenvalue weighted by molar-refractivity contribution is 0.0996. The normalized spacial score (nSPS) is 16.6. The summed E-state index contributed by atoms with van der Waals surface area (Å²) in [6, 6.07) is 4.82. The van der Waals surface area contributed by atoms with Gasteiger partial charge in [-0.2, -0.15) is 0 Å². The van der Waals surface area contributed by atoms with E-state index in [1.807, 2.05) is 0 Å². The van der Waals surface area contributed by atoms with E-state index in [1.165, 1.54) is 25.0 Å². The summed E-state index contributed by atoms with van der Waals surface area (Å²) in [6.45, 7) is 2.12. The third-order valence-corrected chi connectivity index (χ3v) is 3.21. The van der Waals surface area contributed by atoms with Gasteiger partial charge in [-0.3, -0.25) is 4.79 Å². The van der Waals surface area contributed by atoms with Crippen molar-refractivity contribution in [2.24, 2.45) is 11.7 Å². The minimum absolute atomic E-state index is 0.0550. The molecule has 0 bridgehead atoms. The second-order valence-corrected chi connectivity index (χ2v) is 4.56. The molecule has 3 nitrogen and oxygen atoms in total. The standard InChI is InChI=1S/C13H17FN2O/c1-2-12(8-3-4-8)16-9-5-6-11(14)10(7-9)13(15)17/h5-8,12,16H,2-4H2,1H3,(H2,15,17). The quantitative estimate of drug-likeness (QED) is 0.825. The lowest BCUT2D eigenvalue weighted by Gasteiger charge is -2.18. The number of benzene rings is 1. The number of primary amides is 1. The molecule has 1 fully saturated rings. The van der Waals surface area contributed by atoms with Gasteiger partial charge < -0.3 is 11.1 Å². The Morgan fingerprint density at radius 2 is 2.29 bits per heavy atom. The molecule has 1 atom stereocenters. The number of amides is 1. The molecular weight excluding hydrogens is 219 g/mol. The third-order valence-electron chi connectivity index (χ3n) is 3.21. The van der Waals surface area contributed by atoms with Crippen LogP contribution in [-0.2, 0) is 0 Å². The maximum atomic E-state index is 13.3. The monoisotopic (exact) mass is 236 g/mol. The molecule has 92 valence electrons. The Balaban J connectivity index is 2.15. The number of halogens is 1. The average Bonchev–Trinajstić information content (AvgIpc) is 3.11. The number of hydrogen-bond donors (Lipinski definition) is 2. The molecule has 0 spiro atoms. The van der Waals surface area contributed by atoms with Crippen LogP contribution in [0, 0.1) is 11.7 Å². The molecule has 3 N–H and O–H groups in total. The van der Waals surface area contributed by atoms with Gasteiger partial charge >= 0.3 is 0 Å². The Bertz CT molecular complexity index is 429. The molecule has 0 saturated heterocycles. The summed E-state index contributed by atoms with van der Waals surface area (Å²) in [5, 5.41) is 3.34. The van der Waals surface area contributed by atoms with Crippen molar-refractivity contribution in [1.29, 1.82) is 0 Å². The lowest BCUT2D eigenvalue weighted by atomic mass is 10.1. The minimum Gasteiger partial charge on any atom is -0.382 e. The van der Waals surface area contributed by atoms with Crippen LogP contribution in [0.4, 0.5) is 10.1 Å². The average molecular weight is 236 g/mol. The Hall–Kier alpha value is -1.58. The van der Waals surface area contributed by atoms with Crippen molar-refractivity contribution in [2.45, 2.75) is 32.2 Å². The molecule has 1 unspecified atom stereocenters. The molecule has 1 amide bonds. The first-order chi connectivity index (χ1) is 8.11. The summed E-state index contributed by atoms with van der Waals surface area (Å²) >= 11 is 0. The minimum atomic E-state index is -0.731. The molecule has 0 aliphatic heterocycles. The molecule has 2 rings (SSSR count). The number of hydrogen-bond acceptors (Lipinski definition) is 2. The predicted molar refractivity (Wildman–Crippen MR) is 65.3 cm³/mol. The van der Waals surface area contributed by atoms with E-state index in [1.54, 1.807) is 6.07 Å². The molecule has 1 aromatic rings. The van der Waals surface area contributed by atoms with Gasteiger partial charge in [0.25, 0.3) is 5.91 Å². The van der Waals surface area contributed by atoms with E-state index < -0.39 is 11.7 Å². The predicted octanol–water partition coefficient (Wildman–Crippen LogP) is 2.53. The number of nitrogens with one attached hydrogen (secondary N) is 1. The number of rotatable bonds is 5. The van der Waals surface area contributed by atoms with Gasteiger partial charge in [0.05, 0.1) is 5.56 Å². The largest absolute Gasteiger partial charge is 0.382 e. The van der Waals surface area contributed by atoms with Gasteiger partial charge in [-0.15, -0.1) is 0 Å². The summed E-state index contributed by atoms with van der Waals surface area (Å²) in [4.78, 5) is 11.0. The van der Waals surface area contributed by atoms with E-state index in [-0.39, 0.29) is 5.56 Å². The molecule has 1 aliphatic carbocycles. The van der Waals surface area contributed by atoms with Crippen molar-refractivity contribution >= 4 is 11.6 Å². The van der Waals surface area contributed by atoms with Crippen molar-refractivity contribution in [3.8, 4) is 0 Å². The molecule has 0 heterocycles. The second kappa shape index (κ2) is 4.73. The number of carbonyl (C=O) groups excluding carboxylic acids is 1. The van der Waals surface area contributed by atoms with Gasteiger partial charge in [-0.25, -0.2) is 4.39 Å². The first kappa shape index (κ1) is 11.9. The molecule has 1 aliphatic rings. The van der Waals surface area contributed by atoms with Crippen LogP contribution in [0.3, 0.4) is 0 Å². The summed E-state index contributed by atoms with van der Waals surface area (Å²) < 4.78 is 13.3. The van der Waals surface area contributed by atoms with Crippen LogP contribution in [0.15, 0.2) is 18.2 Å². The van der Waals surface area contributed by atoms with E-state index in [9.17, 15) is 9.18 Å². The molecule has 1 aromatic carbocycles. The highest BCUT2D eigenvalue weighted by atomic mass is 19.1. The topological polar surface area (TPSA) is 55.1 Å². The van der Waals surface area contributed by atoms with Gasteiger partial charge in [0.15, 0.2) is 0 Å². The van der Waals surface area contributed by atoms with Crippen LogP contribution in [0.25, 0.3) is 0 Å². The maximum absolute atomic E-state index is 13.3. The SMILES string of the molecule is CCC(Nc1ccc(F)c(C(N)=O)c1)C1CC1. The summed E-state index contributed by atoms with van der Waals surface area (Å²) in [5.41, 5.74) is 5.82. The molecule has 4 heteroatoms. The first-order valence-electron chi connectivity index (χ1n) is 5.97. The van der Waals surface area contributed by atoms with Crippen LogP contribution in [0.2, 0.25) is 0 Å². The Morgan fingerprint density at radius 3 is 2.82 bits per heavy atom. The van der Waals surface area contributed by atoms with Gasteiger partial charge in [0, 0.05) is 11.7 Å². The van der Waals surface area contributed by atoms with Gasteiger partial charge in [0.1, 0.15) is 5.82 Å². The number of carbonyl (C=O) groups is 1. The summed E-state index contributed by atoms with van der Waals surface area (Å²) in [6.07, 6.45) is 3.51. The Kier molecular flexibility index (Phi) is 3.31. The van der Waals surface area contributed by atoms with Crippen molar-refractivity contribution in [3.63, 3.8) is 0 Å². The highest BCUT2D eigenvalue weighted by Crippen LogP contribution is 2.35. The fourth-order valence-corrected chi connectivity index (χ4v) is 2.07. The lowest BCUT2D eigenvalue weighted by Crippen LogP contribution is -2.21. The van der Waals surface area contributed by atoms with Crippen LogP contribution in [0.1, 0.15) is 36.5 Å². The van der Waals surface area contributed by atoms with E-state index in [2.05, 4.69) is 12.2 Å². The zero-order chi connectivity index (χ0) is 12.4. The number of nitrogens with two attached hydrogens (primary N) is 1. The van der Waals surface area contributed by atoms with Crippen molar-refractivity contribution in [2.75, 3.05) is 5.32 Å². The highest BCUT2D eigenvalue weighted by molar-refractivity contribution is 5.94. The fraction of sp³-hybridized carbons (Fsp3) is 0.462. The van der Waals surface area contributed by atoms with Crippen LogP contribution >= 0.6 is 0 Å². The zero-order valence-corrected chi connectivity index (χ0v) is 9.87. The van der Waals surface area contributed by atoms with E-state index >= 15 is 0 Å². The highest BCUT2D eigenvalue weighted by Gasteiger charge is 2.29. The molecule has 0 radical (unpaired) electrons. The van der Waals surface area contributed by atoms with Crippen molar-refractivity contribution < 1.29 is 9.18 Å². The second-order valence-electron chi connectivity index (χ2n) is 4.56. The Labute approximate surface area is 100 Å². The van der Waals surface area contributed by atoms with Gasteiger partial charge in [-0.1, -0.05) is 6.92 Å². The number of anilines is 1. The molecule has 1 saturated carbocycles. The van der Waals surface area contributed by atoms with Crippen LogP contribution < -0.4 is 11.1 Å². The first-order valence-corrected chi connectivity index (χ1v) is 5.97. The van der Waals surface area contributed by atoms with Crippen molar-refractivity contribution in [1.82, 2.24) is 0 Å². The fourth-order valence-electron chi connectivity index (χ4n) is 2.07. The Morgan fingerprint density at radius 1 is 1.59 bits per heavy atom. The van der Waals surface area contributed by atoms with Crippen molar-refractivity contribution in [3.05, 3.63) is 29.6 Å². The van der Waals surface area contributed by atoms with E-state index in [0.29, 0.717) is 12.0 Å². The smallest absolute Gasteiger partial charge is 0.251 e. The molecule has 0 aromatic heterocycles. The van der Waals surface area contributed by atoms with Crippen LogP contribution in [0.5, 0.6) is 0 Å². The van der Waals surface area contributed by atoms with E-state index in [4.69, 9.17) is 5.73 Å². The molecule has 17 heavy (non-hydrogen) atoms. The maximum Gasteiger partial charge on any atom is 0.251 e. The van der Waals surface area contributed by atoms with Gasteiger partial charge in [-0.05, 0) is 43.4 Å². The molecular formula is C13H17FN2O. The summed E-state index contributed by atoms with van der Waals surface area (Å²) in [5.74, 6) is -0.588. The zero-order valence-electron chi connectivity index (χ0n) is 9.87. The van der Waals surface area contributed by atoms with Gasteiger partial charge in [0.2, 0.25) is 0 Å². The van der Waals surface area contributed by atoms with E-state index in [0.717, 1.165) is 12.1 Å². The third kappa shape index (κ3) is 2.75. The van der Waals surface area contributed by atoms with Crippen LogP contribution in [-0.4, -0.2) is 11.9 Å².